The first-order chi connectivity index (χ1) is 31.2. The second-order valence-electron chi connectivity index (χ2n) is 16.1. The molecule has 0 saturated heterocycles. The number of fused-ring (bicyclic) bond motifs is 6. The molecule has 296 valence electrons. The monoisotopic (exact) mass is 804 g/mol. The van der Waals surface area contributed by atoms with Crippen LogP contribution in [-0.4, -0.2) is 4.57 Å². The minimum atomic E-state index is 0.902. The molecular formula is C60H40N2O. The molecule has 2 heterocycles. The summed E-state index contributed by atoms with van der Waals surface area (Å²) in [4.78, 5) is 2.35. The van der Waals surface area contributed by atoms with E-state index in [0.717, 1.165) is 66.9 Å². The van der Waals surface area contributed by atoms with E-state index < -0.39 is 0 Å². The molecule has 0 N–H and O–H groups in total. The van der Waals surface area contributed by atoms with Crippen molar-refractivity contribution in [3.8, 4) is 50.2 Å². The van der Waals surface area contributed by atoms with Crippen LogP contribution in [0.25, 0.3) is 93.9 Å². The first-order valence-corrected chi connectivity index (χ1v) is 21.5. The first kappa shape index (κ1) is 36.5. The predicted octanol–water partition coefficient (Wildman–Crippen LogP) is 16.8. The van der Waals surface area contributed by atoms with Gasteiger partial charge in [0.25, 0.3) is 0 Å². The molecule has 12 rings (SSSR count). The fourth-order valence-electron chi connectivity index (χ4n) is 9.43. The van der Waals surface area contributed by atoms with E-state index in [4.69, 9.17) is 4.42 Å². The van der Waals surface area contributed by atoms with Gasteiger partial charge in [-0.2, -0.15) is 0 Å². The molecule has 3 nitrogen and oxygen atoms in total. The Morgan fingerprint density at radius 3 is 1.56 bits per heavy atom. The predicted molar refractivity (Wildman–Crippen MR) is 264 cm³/mol. The van der Waals surface area contributed by atoms with E-state index >= 15 is 0 Å². The molecule has 0 spiro atoms. The van der Waals surface area contributed by atoms with Gasteiger partial charge in [-0.3, -0.25) is 0 Å². The summed E-state index contributed by atoms with van der Waals surface area (Å²) < 4.78 is 8.85. The Balaban J connectivity index is 0.947. The fourth-order valence-corrected chi connectivity index (χ4v) is 9.43. The maximum atomic E-state index is 6.44. The van der Waals surface area contributed by atoms with Gasteiger partial charge in [0.1, 0.15) is 11.2 Å². The van der Waals surface area contributed by atoms with Gasteiger partial charge in [0.15, 0.2) is 0 Å². The second-order valence-corrected chi connectivity index (χ2v) is 16.1. The minimum absolute atomic E-state index is 0.902. The number of aromatic nitrogens is 1. The molecule has 0 aliphatic heterocycles. The molecule has 0 aliphatic carbocycles. The highest BCUT2D eigenvalue weighted by Gasteiger charge is 2.18. The number of hydrogen-bond acceptors (Lipinski definition) is 2. The number of anilines is 3. The lowest BCUT2D eigenvalue weighted by Crippen LogP contribution is -2.10. The number of hydrogen-bond donors (Lipinski definition) is 0. The molecule has 12 aromatic rings. The maximum absolute atomic E-state index is 6.44. The summed E-state index contributed by atoms with van der Waals surface area (Å²) in [7, 11) is 0. The largest absolute Gasteiger partial charge is 0.455 e. The number of benzene rings is 10. The van der Waals surface area contributed by atoms with Gasteiger partial charge in [-0.25, -0.2) is 0 Å². The van der Waals surface area contributed by atoms with Crippen molar-refractivity contribution in [2.45, 2.75) is 0 Å². The summed E-state index contributed by atoms with van der Waals surface area (Å²) >= 11 is 0. The average Bonchev–Trinajstić information content (AvgIpc) is 3.91. The van der Waals surface area contributed by atoms with Crippen LogP contribution in [0.4, 0.5) is 17.1 Å². The molecule has 0 fully saturated rings. The lowest BCUT2D eigenvalue weighted by Gasteiger charge is -2.26. The van der Waals surface area contributed by atoms with Crippen LogP contribution < -0.4 is 4.90 Å². The Hall–Kier alpha value is -8.40. The molecule has 0 atom stereocenters. The zero-order valence-corrected chi connectivity index (χ0v) is 34.4. The second kappa shape index (κ2) is 15.3. The van der Waals surface area contributed by atoms with Crippen LogP contribution in [0.15, 0.2) is 247 Å². The number of nitrogens with zero attached hydrogens (tertiary/aromatic N) is 2. The van der Waals surface area contributed by atoms with E-state index in [1.807, 2.05) is 12.1 Å². The van der Waals surface area contributed by atoms with Gasteiger partial charge in [-0.15, -0.1) is 0 Å². The molecular weight excluding hydrogens is 765 g/mol. The Bertz CT molecular complexity index is 3560. The van der Waals surface area contributed by atoms with Gasteiger partial charge in [0.2, 0.25) is 0 Å². The van der Waals surface area contributed by atoms with Crippen molar-refractivity contribution in [2.24, 2.45) is 0 Å². The van der Waals surface area contributed by atoms with Gasteiger partial charge in [-0.1, -0.05) is 176 Å². The lowest BCUT2D eigenvalue weighted by atomic mass is 9.97. The Labute approximate surface area is 366 Å². The highest BCUT2D eigenvalue weighted by Crippen LogP contribution is 2.42. The standard InChI is InChI=1S/C60H40N2O/c1-2-15-41(16-3-1)42-31-35-47(36-32-42)61(48-37-33-43(34-38-48)51-25-14-26-55-54-24-7-11-30-59(54)63-60(51)55)49-20-13-18-45(40-49)44-17-12-19-46(39-44)50-21-4-8-27-56(50)62-57-28-9-5-22-52(57)53-23-6-10-29-58(53)62/h1-40H. The Morgan fingerprint density at radius 2 is 0.810 bits per heavy atom. The number of furan rings is 1. The summed E-state index contributed by atoms with van der Waals surface area (Å²) in [6, 6.07) is 87.1. The van der Waals surface area contributed by atoms with Crippen LogP contribution >= 0.6 is 0 Å². The summed E-state index contributed by atoms with van der Waals surface area (Å²) in [6.07, 6.45) is 0. The van der Waals surface area contributed by atoms with E-state index in [1.165, 1.54) is 44.1 Å². The van der Waals surface area contributed by atoms with Gasteiger partial charge < -0.3 is 13.9 Å². The third-order valence-electron chi connectivity index (χ3n) is 12.4. The Kier molecular flexibility index (Phi) is 8.83. The van der Waals surface area contributed by atoms with Crippen LogP contribution in [0.1, 0.15) is 0 Å². The van der Waals surface area contributed by atoms with Crippen LogP contribution in [-0.2, 0) is 0 Å². The van der Waals surface area contributed by atoms with Crippen LogP contribution in [0.3, 0.4) is 0 Å². The smallest absolute Gasteiger partial charge is 0.143 e. The maximum Gasteiger partial charge on any atom is 0.143 e. The Morgan fingerprint density at radius 1 is 0.302 bits per heavy atom. The molecule has 2 aromatic heterocycles. The summed E-state index contributed by atoms with van der Waals surface area (Å²) in [5, 5.41) is 4.77. The van der Waals surface area contributed by atoms with Crippen molar-refractivity contribution in [1.29, 1.82) is 0 Å². The van der Waals surface area contributed by atoms with Crippen molar-refractivity contribution in [2.75, 3.05) is 4.90 Å². The van der Waals surface area contributed by atoms with Gasteiger partial charge in [0.05, 0.1) is 16.7 Å². The molecule has 10 aromatic carbocycles. The zero-order chi connectivity index (χ0) is 41.7. The van der Waals surface area contributed by atoms with E-state index in [1.54, 1.807) is 0 Å². The SMILES string of the molecule is c1ccc(-c2ccc(N(c3ccc(-c4cccc5c4oc4ccccc45)cc3)c3cccc(-c4cccc(-c5ccccc5-n5c6ccccc6c6ccccc65)c4)c3)cc2)cc1. The van der Waals surface area contributed by atoms with Crippen molar-refractivity contribution in [3.63, 3.8) is 0 Å². The van der Waals surface area contributed by atoms with Crippen molar-refractivity contribution < 1.29 is 4.42 Å². The van der Waals surface area contributed by atoms with Gasteiger partial charge in [-0.05, 0) is 100 Å². The summed E-state index contributed by atoms with van der Waals surface area (Å²) in [5.74, 6) is 0. The van der Waals surface area contributed by atoms with E-state index in [-0.39, 0.29) is 0 Å². The average molecular weight is 805 g/mol. The normalized spacial score (nSPS) is 11.5. The molecule has 0 aliphatic rings. The number of rotatable bonds is 8. The summed E-state index contributed by atoms with van der Waals surface area (Å²) in [6.45, 7) is 0. The number of para-hydroxylation sites is 5. The summed E-state index contributed by atoms with van der Waals surface area (Å²) in [5.41, 5.74) is 17.8. The highest BCUT2D eigenvalue weighted by molar-refractivity contribution is 6.10. The van der Waals surface area contributed by atoms with Crippen LogP contribution in [0, 0.1) is 0 Å². The molecule has 63 heavy (non-hydrogen) atoms. The van der Waals surface area contributed by atoms with E-state index in [2.05, 4.69) is 240 Å². The molecule has 0 bridgehead atoms. The third kappa shape index (κ3) is 6.38. The third-order valence-corrected chi connectivity index (χ3v) is 12.4. The fraction of sp³-hybridized carbons (Fsp3) is 0. The van der Waals surface area contributed by atoms with E-state index in [9.17, 15) is 0 Å². The first-order valence-electron chi connectivity index (χ1n) is 21.5. The van der Waals surface area contributed by atoms with E-state index in [0.29, 0.717) is 0 Å². The van der Waals surface area contributed by atoms with Crippen LogP contribution in [0.2, 0.25) is 0 Å². The highest BCUT2D eigenvalue weighted by atomic mass is 16.3. The van der Waals surface area contributed by atoms with Crippen molar-refractivity contribution in [3.05, 3.63) is 243 Å². The lowest BCUT2D eigenvalue weighted by molar-refractivity contribution is 0.670. The minimum Gasteiger partial charge on any atom is -0.455 e. The quantitative estimate of drug-likeness (QED) is 0.153. The molecule has 0 saturated carbocycles. The molecule has 3 heteroatoms. The molecule has 0 radical (unpaired) electrons. The van der Waals surface area contributed by atoms with Crippen LogP contribution in [0.5, 0.6) is 0 Å². The van der Waals surface area contributed by atoms with Gasteiger partial charge in [0, 0.05) is 49.7 Å². The van der Waals surface area contributed by atoms with Gasteiger partial charge >= 0.3 is 0 Å². The van der Waals surface area contributed by atoms with Crippen molar-refractivity contribution in [1.82, 2.24) is 4.57 Å². The molecule has 0 amide bonds. The molecule has 0 unspecified atom stereocenters. The zero-order valence-electron chi connectivity index (χ0n) is 34.4. The van der Waals surface area contributed by atoms with Crippen molar-refractivity contribution >= 4 is 60.8 Å². The topological polar surface area (TPSA) is 21.3 Å².